The van der Waals surface area contributed by atoms with E-state index in [-0.39, 0.29) is 11.2 Å². The molecule has 0 spiro atoms. The number of hydrogen-bond acceptors (Lipinski definition) is 5. The molecular formula is C18H19NO4S. The molecule has 0 unspecified atom stereocenters. The van der Waals surface area contributed by atoms with Crippen molar-refractivity contribution in [1.29, 1.82) is 0 Å². The summed E-state index contributed by atoms with van der Waals surface area (Å²) >= 11 is 1.45. The fourth-order valence-electron chi connectivity index (χ4n) is 2.00. The van der Waals surface area contributed by atoms with Gasteiger partial charge in [0.05, 0.1) is 25.0 Å². The van der Waals surface area contributed by atoms with Crippen molar-refractivity contribution in [2.24, 2.45) is 0 Å². The minimum absolute atomic E-state index is 0.141. The molecule has 0 aliphatic carbocycles. The first-order chi connectivity index (χ1) is 11.5. The lowest BCUT2D eigenvalue weighted by Gasteiger charge is -2.13. The average molecular weight is 345 g/mol. The van der Waals surface area contributed by atoms with Crippen LogP contribution < -0.4 is 10.1 Å². The van der Waals surface area contributed by atoms with Gasteiger partial charge >= 0.3 is 5.97 Å². The molecule has 0 radical (unpaired) electrons. The van der Waals surface area contributed by atoms with E-state index in [4.69, 9.17) is 4.74 Å². The molecule has 2 rings (SSSR count). The number of benzene rings is 2. The Morgan fingerprint density at radius 2 is 1.79 bits per heavy atom. The summed E-state index contributed by atoms with van der Waals surface area (Å²) in [7, 11) is 2.93. The van der Waals surface area contributed by atoms with Crippen molar-refractivity contribution in [3.63, 3.8) is 0 Å². The molecule has 5 nitrogen and oxygen atoms in total. The minimum Gasteiger partial charge on any atom is -0.497 e. The van der Waals surface area contributed by atoms with Crippen LogP contribution in [0.15, 0.2) is 53.4 Å². The minimum atomic E-state index is -0.438. The lowest BCUT2D eigenvalue weighted by atomic mass is 10.2. The highest BCUT2D eigenvalue weighted by Crippen LogP contribution is 2.26. The van der Waals surface area contributed by atoms with Gasteiger partial charge in [0, 0.05) is 10.6 Å². The van der Waals surface area contributed by atoms with E-state index in [0.29, 0.717) is 11.3 Å². The molecule has 0 heterocycles. The first-order valence-corrected chi connectivity index (χ1v) is 8.21. The number of hydrogen-bond donors (Lipinski definition) is 1. The Balaban J connectivity index is 1.99. The largest absolute Gasteiger partial charge is 0.497 e. The Hall–Kier alpha value is -2.47. The van der Waals surface area contributed by atoms with Gasteiger partial charge in [0.2, 0.25) is 5.91 Å². The summed E-state index contributed by atoms with van der Waals surface area (Å²) in [5, 5.41) is 2.52. The number of amides is 1. The van der Waals surface area contributed by atoms with Gasteiger partial charge < -0.3 is 14.8 Å². The molecule has 24 heavy (non-hydrogen) atoms. The fourth-order valence-corrected chi connectivity index (χ4v) is 2.87. The smallest absolute Gasteiger partial charge is 0.337 e. The number of thioether (sulfide) groups is 1. The van der Waals surface area contributed by atoms with E-state index in [1.807, 2.05) is 31.2 Å². The van der Waals surface area contributed by atoms with Crippen LogP contribution >= 0.6 is 11.8 Å². The van der Waals surface area contributed by atoms with Crippen LogP contribution in [-0.4, -0.2) is 31.3 Å². The van der Waals surface area contributed by atoms with Gasteiger partial charge in [0.15, 0.2) is 0 Å². The molecule has 126 valence electrons. The van der Waals surface area contributed by atoms with Crippen LogP contribution in [0, 0.1) is 0 Å². The van der Waals surface area contributed by atoms with E-state index >= 15 is 0 Å². The maximum Gasteiger partial charge on any atom is 0.337 e. The second-order valence-corrected chi connectivity index (χ2v) is 6.41. The standard InChI is InChI=1S/C18H19NO4S/c1-12(24-16-9-7-15(22-2)8-10-16)17(20)19-14-6-4-5-13(11-14)18(21)23-3/h4-12H,1-3H3,(H,19,20)/t12-/m1/s1. The first-order valence-electron chi connectivity index (χ1n) is 7.33. The SMILES string of the molecule is COC(=O)c1cccc(NC(=O)[C@@H](C)Sc2ccc(OC)cc2)c1. The second kappa shape index (κ2) is 8.40. The van der Waals surface area contributed by atoms with Gasteiger partial charge in [0.1, 0.15) is 5.75 Å². The average Bonchev–Trinajstić information content (AvgIpc) is 2.61. The quantitative estimate of drug-likeness (QED) is 0.640. The molecule has 2 aromatic carbocycles. The Kier molecular flexibility index (Phi) is 6.26. The highest BCUT2D eigenvalue weighted by Gasteiger charge is 2.15. The van der Waals surface area contributed by atoms with Crippen LogP contribution in [0.5, 0.6) is 5.75 Å². The zero-order chi connectivity index (χ0) is 17.5. The van der Waals surface area contributed by atoms with E-state index in [1.165, 1.54) is 18.9 Å². The predicted molar refractivity (Wildman–Crippen MR) is 94.7 cm³/mol. The summed E-state index contributed by atoms with van der Waals surface area (Å²) in [6.07, 6.45) is 0. The summed E-state index contributed by atoms with van der Waals surface area (Å²) in [4.78, 5) is 24.8. The number of ether oxygens (including phenoxy) is 2. The Morgan fingerprint density at radius 1 is 1.08 bits per heavy atom. The van der Waals surface area contributed by atoms with Crippen molar-refractivity contribution in [1.82, 2.24) is 0 Å². The molecule has 1 atom stereocenters. The highest BCUT2D eigenvalue weighted by atomic mass is 32.2. The highest BCUT2D eigenvalue weighted by molar-refractivity contribution is 8.00. The lowest BCUT2D eigenvalue weighted by molar-refractivity contribution is -0.115. The molecule has 1 amide bonds. The number of esters is 1. The van der Waals surface area contributed by atoms with Crippen molar-refractivity contribution < 1.29 is 19.1 Å². The third-order valence-corrected chi connectivity index (χ3v) is 4.40. The summed E-state index contributed by atoms with van der Waals surface area (Å²) in [6.45, 7) is 1.83. The molecular weight excluding hydrogens is 326 g/mol. The zero-order valence-corrected chi connectivity index (χ0v) is 14.6. The van der Waals surface area contributed by atoms with E-state index in [1.54, 1.807) is 31.4 Å². The van der Waals surface area contributed by atoms with Crippen LogP contribution in [0.25, 0.3) is 0 Å². The van der Waals surface area contributed by atoms with Crippen molar-refractivity contribution in [2.45, 2.75) is 17.1 Å². The predicted octanol–water partition coefficient (Wildman–Crippen LogP) is 3.60. The molecule has 0 fully saturated rings. The number of methoxy groups -OCH3 is 2. The molecule has 2 aromatic rings. The second-order valence-electron chi connectivity index (χ2n) is 5.00. The Bertz CT molecular complexity index is 715. The maximum atomic E-state index is 12.3. The van der Waals surface area contributed by atoms with Crippen molar-refractivity contribution in [3.05, 3.63) is 54.1 Å². The molecule has 0 bridgehead atoms. The molecule has 0 saturated heterocycles. The summed E-state index contributed by atoms with van der Waals surface area (Å²) in [5.74, 6) is 0.195. The zero-order valence-electron chi connectivity index (χ0n) is 13.7. The molecule has 0 aliphatic rings. The number of rotatable bonds is 6. The normalized spacial score (nSPS) is 11.5. The molecule has 0 aliphatic heterocycles. The number of carbonyl (C=O) groups excluding carboxylic acids is 2. The van der Waals surface area contributed by atoms with Gasteiger partial charge in [-0.1, -0.05) is 6.07 Å². The molecule has 0 aromatic heterocycles. The Labute approximate surface area is 145 Å². The molecule has 1 N–H and O–H groups in total. The third-order valence-electron chi connectivity index (χ3n) is 3.29. The first kappa shape index (κ1) is 17.9. The summed E-state index contributed by atoms with van der Waals surface area (Å²) in [6, 6.07) is 14.2. The fraction of sp³-hybridized carbons (Fsp3) is 0.222. The van der Waals surface area contributed by atoms with Crippen LogP contribution in [0.4, 0.5) is 5.69 Å². The van der Waals surface area contributed by atoms with Gasteiger partial charge in [-0.2, -0.15) is 0 Å². The number of nitrogens with one attached hydrogen (secondary N) is 1. The van der Waals surface area contributed by atoms with Crippen molar-refractivity contribution >= 4 is 29.3 Å². The topological polar surface area (TPSA) is 64.6 Å². The van der Waals surface area contributed by atoms with Gasteiger partial charge in [-0.3, -0.25) is 4.79 Å². The number of anilines is 1. The van der Waals surface area contributed by atoms with Crippen LogP contribution in [0.2, 0.25) is 0 Å². The summed E-state index contributed by atoms with van der Waals surface area (Å²) in [5.41, 5.74) is 0.954. The number of carbonyl (C=O) groups is 2. The third kappa shape index (κ3) is 4.76. The summed E-state index contributed by atoms with van der Waals surface area (Å²) < 4.78 is 9.79. The van der Waals surface area contributed by atoms with Gasteiger partial charge in [-0.05, 0) is 49.4 Å². The lowest BCUT2D eigenvalue weighted by Crippen LogP contribution is -2.22. The van der Waals surface area contributed by atoms with E-state index in [2.05, 4.69) is 10.1 Å². The Morgan fingerprint density at radius 3 is 2.42 bits per heavy atom. The van der Waals surface area contributed by atoms with Gasteiger partial charge in [-0.15, -0.1) is 11.8 Å². The van der Waals surface area contributed by atoms with E-state index in [0.717, 1.165) is 10.6 Å². The van der Waals surface area contributed by atoms with Gasteiger partial charge in [0.25, 0.3) is 0 Å². The van der Waals surface area contributed by atoms with Gasteiger partial charge in [-0.25, -0.2) is 4.79 Å². The maximum absolute atomic E-state index is 12.3. The van der Waals surface area contributed by atoms with Crippen LogP contribution in [-0.2, 0) is 9.53 Å². The molecule has 0 saturated carbocycles. The van der Waals surface area contributed by atoms with E-state index in [9.17, 15) is 9.59 Å². The van der Waals surface area contributed by atoms with E-state index < -0.39 is 5.97 Å². The van der Waals surface area contributed by atoms with Crippen LogP contribution in [0.3, 0.4) is 0 Å². The van der Waals surface area contributed by atoms with Crippen molar-refractivity contribution in [3.8, 4) is 5.75 Å². The monoisotopic (exact) mass is 345 g/mol. The molecule has 6 heteroatoms. The van der Waals surface area contributed by atoms with Crippen LogP contribution in [0.1, 0.15) is 17.3 Å². The van der Waals surface area contributed by atoms with Crippen molar-refractivity contribution in [2.75, 3.05) is 19.5 Å².